The third kappa shape index (κ3) is 5.65. The molecule has 0 saturated carbocycles. The van der Waals surface area contributed by atoms with Gasteiger partial charge in [0.25, 0.3) is 0 Å². The zero-order valence-electron chi connectivity index (χ0n) is 11.5. The molecule has 0 spiro atoms. The van der Waals surface area contributed by atoms with Gasteiger partial charge < -0.3 is 10.5 Å². The summed E-state index contributed by atoms with van der Waals surface area (Å²) in [5.74, 6) is 0.394. The molecule has 1 fully saturated rings. The molecule has 18 heavy (non-hydrogen) atoms. The fourth-order valence-corrected chi connectivity index (χ4v) is 3.39. The summed E-state index contributed by atoms with van der Waals surface area (Å²) in [4.78, 5) is 0. The molecular formula is C12H26N2O3S. The Labute approximate surface area is 111 Å². The van der Waals surface area contributed by atoms with E-state index in [1.807, 2.05) is 6.92 Å². The molecule has 108 valence electrons. The highest BCUT2D eigenvalue weighted by molar-refractivity contribution is 7.88. The van der Waals surface area contributed by atoms with Crippen LogP contribution in [0.4, 0.5) is 0 Å². The van der Waals surface area contributed by atoms with Crippen LogP contribution in [0.5, 0.6) is 0 Å². The van der Waals surface area contributed by atoms with Crippen molar-refractivity contribution < 1.29 is 13.2 Å². The van der Waals surface area contributed by atoms with Crippen LogP contribution in [0, 0.1) is 5.92 Å². The number of ether oxygens (including phenoxy) is 1. The van der Waals surface area contributed by atoms with Crippen LogP contribution in [0.3, 0.4) is 0 Å². The first-order valence-electron chi connectivity index (χ1n) is 6.72. The Morgan fingerprint density at radius 1 is 1.50 bits per heavy atom. The van der Waals surface area contributed by atoms with E-state index in [9.17, 15) is 8.42 Å². The topological polar surface area (TPSA) is 72.6 Å². The number of nitrogens with zero attached hydrogens (tertiary/aromatic N) is 1. The van der Waals surface area contributed by atoms with E-state index in [-0.39, 0.29) is 6.04 Å². The molecule has 5 nitrogen and oxygen atoms in total. The highest BCUT2D eigenvalue weighted by Gasteiger charge is 2.26. The average molecular weight is 278 g/mol. The summed E-state index contributed by atoms with van der Waals surface area (Å²) in [5, 5.41) is 0. The van der Waals surface area contributed by atoms with Crippen molar-refractivity contribution in [3.05, 3.63) is 0 Å². The van der Waals surface area contributed by atoms with E-state index in [1.165, 1.54) is 6.26 Å². The van der Waals surface area contributed by atoms with E-state index in [2.05, 4.69) is 0 Å². The number of hydrogen-bond donors (Lipinski definition) is 1. The molecule has 1 aliphatic rings. The van der Waals surface area contributed by atoms with Crippen LogP contribution in [0.15, 0.2) is 0 Å². The van der Waals surface area contributed by atoms with Crippen LogP contribution >= 0.6 is 0 Å². The molecular weight excluding hydrogens is 252 g/mol. The lowest BCUT2D eigenvalue weighted by atomic mass is 9.92. The van der Waals surface area contributed by atoms with Crippen molar-refractivity contribution in [1.82, 2.24) is 4.31 Å². The second-order valence-electron chi connectivity index (χ2n) is 5.11. The first-order chi connectivity index (χ1) is 8.43. The van der Waals surface area contributed by atoms with E-state index in [0.717, 1.165) is 32.3 Å². The lowest BCUT2D eigenvalue weighted by Gasteiger charge is -2.32. The Kier molecular flexibility index (Phi) is 6.55. The molecule has 1 rings (SSSR count). The predicted octanol–water partition coefficient (Wildman–Crippen LogP) is 0.802. The Bertz CT molecular complexity index is 332. The smallest absolute Gasteiger partial charge is 0.211 e. The Hall–Kier alpha value is -0.170. The number of sulfonamides is 1. The standard InChI is InChI=1S/C12H26N2O3S/c1-3-17-8-6-12(13)9-11-5-4-7-14(10-11)18(2,15)16/h11-12H,3-10,13H2,1-2H3. The van der Waals surface area contributed by atoms with Gasteiger partial charge in [-0.1, -0.05) is 0 Å². The monoisotopic (exact) mass is 278 g/mol. The van der Waals surface area contributed by atoms with Crippen molar-refractivity contribution in [2.75, 3.05) is 32.6 Å². The summed E-state index contributed by atoms with van der Waals surface area (Å²) in [6.45, 7) is 4.67. The fourth-order valence-electron chi connectivity index (χ4n) is 2.45. The first kappa shape index (κ1) is 15.9. The molecule has 0 aliphatic carbocycles. The van der Waals surface area contributed by atoms with E-state index in [0.29, 0.717) is 25.6 Å². The van der Waals surface area contributed by atoms with E-state index in [4.69, 9.17) is 10.5 Å². The van der Waals surface area contributed by atoms with Crippen molar-refractivity contribution >= 4 is 10.0 Å². The summed E-state index contributed by atoms with van der Waals surface area (Å²) in [7, 11) is -3.05. The minimum absolute atomic E-state index is 0.112. The molecule has 0 amide bonds. The highest BCUT2D eigenvalue weighted by Crippen LogP contribution is 2.22. The van der Waals surface area contributed by atoms with Crippen molar-refractivity contribution in [3.8, 4) is 0 Å². The van der Waals surface area contributed by atoms with Gasteiger partial charge in [0.2, 0.25) is 10.0 Å². The zero-order valence-corrected chi connectivity index (χ0v) is 12.3. The van der Waals surface area contributed by atoms with Gasteiger partial charge in [-0.15, -0.1) is 0 Å². The molecule has 0 aromatic carbocycles. The molecule has 6 heteroatoms. The first-order valence-corrected chi connectivity index (χ1v) is 8.56. The number of nitrogens with two attached hydrogens (primary N) is 1. The van der Waals surface area contributed by atoms with Crippen LogP contribution < -0.4 is 5.73 Å². The van der Waals surface area contributed by atoms with Gasteiger partial charge in [0.15, 0.2) is 0 Å². The van der Waals surface area contributed by atoms with Crippen molar-refractivity contribution in [3.63, 3.8) is 0 Å². The molecule has 0 radical (unpaired) electrons. The molecule has 2 N–H and O–H groups in total. The summed E-state index contributed by atoms with van der Waals surface area (Å²) >= 11 is 0. The second kappa shape index (κ2) is 7.43. The molecule has 0 aromatic heterocycles. The summed E-state index contributed by atoms with van der Waals surface area (Å²) in [6, 6.07) is 0.112. The molecule has 2 atom stereocenters. The van der Waals surface area contributed by atoms with Crippen molar-refractivity contribution in [2.24, 2.45) is 11.7 Å². The van der Waals surface area contributed by atoms with Crippen LogP contribution in [0.1, 0.15) is 32.6 Å². The summed E-state index contributed by atoms with van der Waals surface area (Å²) in [6.07, 6.45) is 5.04. The van der Waals surface area contributed by atoms with Gasteiger partial charge in [-0.2, -0.15) is 0 Å². The van der Waals surface area contributed by atoms with Gasteiger partial charge in [-0.05, 0) is 38.5 Å². The van der Waals surface area contributed by atoms with Gasteiger partial charge in [0.05, 0.1) is 6.26 Å². The number of piperidine rings is 1. The number of rotatable bonds is 7. The van der Waals surface area contributed by atoms with Crippen molar-refractivity contribution in [1.29, 1.82) is 0 Å². The lowest BCUT2D eigenvalue weighted by molar-refractivity contribution is 0.135. The van der Waals surface area contributed by atoms with E-state index >= 15 is 0 Å². The molecule has 1 saturated heterocycles. The lowest BCUT2D eigenvalue weighted by Crippen LogP contribution is -2.41. The van der Waals surface area contributed by atoms with E-state index in [1.54, 1.807) is 4.31 Å². The van der Waals surface area contributed by atoms with Crippen LogP contribution in [-0.2, 0) is 14.8 Å². The van der Waals surface area contributed by atoms with Gasteiger partial charge in [0, 0.05) is 32.3 Å². The summed E-state index contributed by atoms with van der Waals surface area (Å²) in [5.41, 5.74) is 6.05. The Balaban J connectivity index is 2.33. The Morgan fingerprint density at radius 2 is 2.22 bits per heavy atom. The largest absolute Gasteiger partial charge is 0.382 e. The third-order valence-corrected chi connectivity index (χ3v) is 4.69. The summed E-state index contributed by atoms with van der Waals surface area (Å²) < 4.78 is 29.9. The predicted molar refractivity (Wildman–Crippen MR) is 72.8 cm³/mol. The van der Waals surface area contributed by atoms with Gasteiger partial charge in [-0.3, -0.25) is 0 Å². The normalized spacial score (nSPS) is 24.1. The van der Waals surface area contributed by atoms with Gasteiger partial charge >= 0.3 is 0 Å². The third-order valence-electron chi connectivity index (χ3n) is 3.42. The maximum absolute atomic E-state index is 11.5. The molecule has 1 aliphatic heterocycles. The molecule has 1 heterocycles. The quantitative estimate of drug-likeness (QED) is 0.699. The second-order valence-corrected chi connectivity index (χ2v) is 7.09. The maximum atomic E-state index is 11.5. The minimum Gasteiger partial charge on any atom is -0.382 e. The van der Waals surface area contributed by atoms with Crippen LogP contribution in [0.25, 0.3) is 0 Å². The van der Waals surface area contributed by atoms with Gasteiger partial charge in [0.1, 0.15) is 0 Å². The zero-order chi connectivity index (χ0) is 13.6. The minimum atomic E-state index is -3.05. The van der Waals surface area contributed by atoms with Crippen LogP contribution in [0.2, 0.25) is 0 Å². The Morgan fingerprint density at radius 3 is 2.83 bits per heavy atom. The molecule has 2 unspecified atom stereocenters. The van der Waals surface area contributed by atoms with Crippen molar-refractivity contribution in [2.45, 2.75) is 38.6 Å². The SMILES string of the molecule is CCOCCC(N)CC1CCCN(S(C)(=O)=O)C1. The number of hydrogen-bond acceptors (Lipinski definition) is 4. The van der Waals surface area contributed by atoms with E-state index < -0.39 is 10.0 Å². The fraction of sp³-hybridized carbons (Fsp3) is 1.00. The van der Waals surface area contributed by atoms with Gasteiger partial charge in [-0.25, -0.2) is 12.7 Å². The average Bonchev–Trinajstić information content (AvgIpc) is 2.28. The highest BCUT2D eigenvalue weighted by atomic mass is 32.2. The maximum Gasteiger partial charge on any atom is 0.211 e. The molecule has 0 bridgehead atoms. The molecule has 0 aromatic rings. The van der Waals surface area contributed by atoms with Crippen LogP contribution in [-0.4, -0.2) is 51.3 Å².